The van der Waals surface area contributed by atoms with E-state index in [2.05, 4.69) is 41.4 Å². The van der Waals surface area contributed by atoms with E-state index in [-0.39, 0.29) is 12.5 Å². The van der Waals surface area contributed by atoms with Crippen molar-refractivity contribution in [2.75, 3.05) is 19.6 Å². The lowest BCUT2D eigenvalue weighted by atomic mass is 10.1. The van der Waals surface area contributed by atoms with Crippen LogP contribution in [0.15, 0.2) is 58.1 Å². The van der Waals surface area contributed by atoms with Gasteiger partial charge in [-0.2, -0.15) is 0 Å². The summed E-state index contributed by atoms with van der Waals surface area (Å²) in [5.41, 5.74) is 2.45. The Hall–Kier alpha value is -3.19. The summed E-state index contributed by atoms with van der Waals surface area (Å²) in [5.74, 6) is 0.129. The second-order valence-corrected chi connectivity index (χ2v) is 8.42. The van der Waals surface area contributed by atoms with Gasteiger partial charge in [0.05, 0.1) is 11.0 Å². The maximum absolute atomic E-state index is 12.6. The van der Waals surface area contributed by atoms with Crippen molar-refractivity contribution < 1.29 is 4.79 Å². The lowest BCUT2D eigenvalue weighted by Crippen LogP contribution is -2.43. The summed E-state index contributed by atoms with van der Waals surface area (Å²) < 4.78 is 2.60. The fraction of sp³-hybridized carbons (Fsp3) is 0.375. The van der Waals surface area contributed by atoms with Crippen LogP contribution in [0.5, 0.6) is 0 Å². The number of rotatable bonds is 6. The van der Waals surface area contributed by atoms with E-state index in [9.17, 15) is 14.4 Å². The van der Waals surface area contributed by atoms with E-state index < -0.39 is 11.1 Å². The number of benzene rings is 2. The lowest BCUT2D eigenvalue weighted by Gasteiger charge is -2.17. The zero-order chi connectivity index (χ0) is 22.0. The highest BCUT2D eigenvalue weighted by molar-refractivity contribution is 5.80. The van der Waals surface area contributed by atoms with Gasteiger partial charge in [-0.15, -0.1) is 0 Å². The summed E-state index contributed by atoms with van der Waals surface area (Å²) >= 11 is 0. The molecular weight excluding hydrogens is 392 g/mol. The van der Waals surface area contributed by atoms with Crippen molar-refractivity contribution in [2.45, 2.75) is 26.4 Å². The first-order valence-electron chi connectivity index (χ1n) is 10.7. The van der Waals surface area contributed by atoms with Gasteiger partial charge >= 0.3 is 11.1 Å². The van der Waals surface area contributed by atoms with Gasteiger partial charge in [-0.05, 0) is 43.5 Å². The smallest absolute Gasteiger partial charge is 0.317 e. The minimum atomic E-state index is -0.679. The number of amides is 1. The molecule has 0 aliphatic carbocycles. The fourth-order valence-corrected chi connectivity index (χ4v) is 4.24. The van der Waals surface area contributed by atoms with E-state index in [4.69, 9.17) is 0 Å². The van der Waals surface area contributed by atoms with Crippen LogP contribution in [-0.4, -0.2) is 39.6 Å². The molecule has 1 aromatic heterocycles. The average molecular weight is 421 g/mol. The molecule has 1 atom stereocenters. The molecule has 1 fully saturated rings. The molecule has 7 nitrogen and oxygen atoms in total. The Balaban J connectivity index is 1.36. The number of para-hydroxylation sites is 2. The highest BCUT2D eigenvalue weighted by Crippen LogP contribution is 2.18. The molecule has 4 rings (SSSR count). The van der Waals surface area contributed by atoms with Crippen molar-refractivity contribution >= 4 is 16.9 Å². The van der Waals surface area contributed by atoms with Gasteiger partial charge in [-0.1, -0.05) is 42.0 Å². The first-order chi connectivity index (χ1) is 14.9. The normalized spacial score (nSPS) is 16.6. The summed E-state index contributed by atoms with van der Waals surface area (Å²) in [6.07, 6.45) is 1.03. The van der Waals surface area contributed by atoms with Crippen molar-refractivity contribution in [2.24, 2.45) is 13.0 Å². The zero-order valence-corrected chi connectivity index (χ0v) is 18.0. The fourth-order valence-electron chi connectivity index (χ4n) is 4.24. The number of aryl methyl sites for hydroxylation is 2. The standard InChI is InChI=1S/C24H28N4O3/c1-17-7-9-18(10-8-17)14-27-12-11-19(15-27)13-25-22(29)16-28-21-6-4-3-5-20(21)26(2)23(30)24(28)31/h3-10,19H,11-16H2,1-2H3,(H,25,29)/t19-/m0/s1. The number of hydrogen-bond acceptors (Lipinski definition) is 4. The second kappa shape index (κ2) is 8.89. The average Bonchev–Trinajstić information content (AvgIpc) is 3.22. The zero-order valence-electron chi connectivity index (χ0n) is 18.0. The maximum atomic E-state index is 12.6. The van der Waals surface area contributed by atoms with Crippen LogP contribution < -0.4 is 16.4 Å². The lowest BCUT2D eigenvalue weighted by molar-refractivity contribution is -0.121. The molecule has 1 N–H and O–H groups in total. The Bertz CT molecular complexity index is 1210. The van der Waals surface area contributed by atoms with Crippen molar-refractivity contribution in [1.29, 1.82) is 0 Å². The van der Waals surface area contributed by atoms with Crippen LogP contribution in [0, 0.1) is 12.8 Å². The molecule has 7 heteroatoms. The van der Waals surface area contributed by atoms with E-state index in [1.54, 1.807) is 31.3 Å². The molecule has 1 saturated heterocycles. The summed E-state index contributed by atoms with van der Waals surface area (Å²) in [4.78, 5) is 39.7. The number of fused-ring (bicyclic) bond motifs is 1. The van der Waals surface area contributed by atoms with E-state index >= 15 is 0 Å². The number of hydrogen-bond donors (Lipinski definition) is 1. The van der Waals surface area contributed by atoms with E-state index in [0.717, 1.165) is 26.1 Å². The minimum Gasteiger partial charge on any atom is -0.354 e. The molecular formula is C24H28N4O3. The summed E-state index contributed by atoms with van der Waals surface area (Å²) in [6, 6.07) is 15.7. The molecule has 0 radical (unpaired) electrons. The largest absolute Gasteiger partial charge is 0.354 e. The van der Waals surface area contributed by atoms with Gasteiger partial charge in [0.15, 0.2) is 0 Å². The molecule has 1 aliphatic heterocycles. The van der Waals surface area contributed by atoms with Crippen molar-refractivity contribution in [3.63, 3.8) is 0 Å². The Morgan fingerprint density at radius 2 is 1.74 bits per heavy atom. The maximum Gasteiger partial charge on any atom is 0.317 e. The van der Waals surface area contributed by atoms with Crippen LogP contribution >= 0.6 is 0 Å². The van der Waals surface area contributed by atoms with Crippen LogP contribution in [0.2, 0.25) is 0 Å². The third-order valence-corrected chi connectivity index (χ3v) is 6.05. The Morgan fingerprint density at radius 3 is 2.48 bits per heavy atom. The highest BCUT2D eigenvalue weighted by Gasteiger charge is 2.23. The molecule has 2 aromatic carbocycles. The molecule has 0 saturated carbocycles. The molecule has 162 valence electrons. The monoisotopic (exact) mass is 420 g/mol. The number of aromatic nitrogens is 2. The number of carbonyl (C=O) groups is 1. The van der Waals surface area contributed by atoms with Crippen molar-refractivity contribution in [3.05, 3.63) is 80.4 Å². The quantitative estimate of drug-likeness (QED) is 0.616. The SMILES string of the molecule is Cc1ccc(CN2CC[C@@H](CNC(=O)Cn3c(=O)c(=O)n(C)c4ccccc43)C2)cc1. The van der Waals surface area contributed by atoms with Gasteiger partial charge in [-0.3, -0.25) is 23.9 Å². The van der Waals surface area contributed by atoms with Gasteiger partial charge < -0.3 is 9.88 Å². The van der Waals surface area contributed by atoms with Crippen molar-refractivity contribution in [1.82, 2.24) is 19.4 Å². The third kappa shape index (κ3) is 4.61. The van der Waals surface area contributed by atoms with Gasteiger partial charge in [0.25, 0.3) is 0 Å². The molecule has 0 unspecified atom stereocenters. The summed E-state index contributed by atoms with van der Waals surface area (Å²) in [6.45, 7) is 5.36. The second-order valence-electron chi connectivity index (χ2n) is 8.42. The van der Waals surface area contributed by atoms with Crippen molar-refractivity contribution in [3.8, 4) is 0 Å². The van der Waals surface area contributed by atoms with Gasteiger partial charge in [0.2, 0.25) is 5.91 Å². The molecule has 2 heterocycles. The predicted molar refractivity (Wildman–Crippen MR) is 121 cm³/mol. The van der Waals surface area contributed by atoms with Gasteiger partial charge in [-0.25, -0.2) is 0 Å². The number of nitrogens with one attached hydrogen (secondary N) is 1. The summed E-state index contributed by atoms with van der Waals surface area (Å²) in [5, 5.41) is 2.96. The van der Waals surface area contributed by atoms with E-state index in [1.165, 1.54) is 20.3 Å². The first-order valence-corrected chi connectivity index (χ1v) is 10.7. The van der Waals surface area contributed by atoms with Crippen LogP contribution in [0.1, 0.15) is 17.5 Å². The molecule has 3 aromatic rings. The Labute approximate surface area is 180 Å². The van der Waals surface area contributed by atoms with Crippen LogP contribution in [0.3, 0.4) is 0 Å². The summed E-state index contributed by atoms with van der Waals surface area (Å²) in [7, 11) is 1.57. The molecule has 0 bridgehead atoms. The topological polar surface area (TPSA) is 76.3 Å². The van der Waals surface area contributed by atoms with Crippen LogP contribution in [0.25, 0.3) is 11.0 Å². The molecule has 1 amide bonds. The molecule has 1 aliphatic rings. The molecule has 0 spiro atoms. The third-order valence-electron chi connectivity index (χ3n) is 6.05. The molecule has 31 heavy (non-hydrogen) atoms. The predicted octanol–water partition coefficient (Wildman–Crippen LogP) is 1.65. The Kier molecular flexibility index (Phi) is 6.04. The van der Waals surface area contributed by atoms with E-state index in [1.807, 2.05) is 0 Å². The Morgan fingerprint density at radius 1 is 1.03 bits per heavy atom. The van der Waals surface area contributed by atoms with E-state index in [0.29, 0.717) is 23.5 Å². The number of carbonyl (C=O) groups excluding carboxylic acids is 1. The number of nitrogens with zero attached hydrogens (tertiary/aromatic N) is 3. The minimum absolute atomic E-state index is 0.158. The first kappa shape index (κ1) is 21.1. The number of likely N-dealkylation sites (tertiary alicyclic amines) is 1. The van der Waals surface area contributed by atoms with Gasteiger partial charge in [0, 0.05) is 26.7 Å². The highest BCUT2D eigenvalue weighted by atomic mass is 16.2. The van der Waals surface area contributed by atoms with Crippen LogP contribution in [-0.2, 0) is 24.9 Å². The van der Waals surface area contributed by atoms with Crippen LogP contribution in [0.4, 0.5) is 0 Å². The van der Waals surface area contributed by atoms with Gasteiger partial charge in [0.1, 0.15) is 6.54 Å².